The third kappa shape index (κ3) is 3.54. The van der Waals surface area contributed by atoms with E-state index in [1.165, 1.54) is 6.26 Å². The molecule has 19 heavy (non-hydrogen) atoms. The van der Waals surface area contributed by atoms with Crippen LogP contribution in [0.25, 0.3) is 0 Å². The van der Waals surface area contributed by atoms with Crippen molar-refractivity contribution in [2.75, 3.05) is 6.54 Å². The van der Waals surface area contributed by atoms with Crippen LogP contribution in [0.3, 0.4) is 0 Å². The monoisotopic (exact) mass is 264 g/mol. The average Bonchev–Trinajstić information content (AvgIpc) is 2.83. The van der Waals surface area contributed by atoms with Crippen LogP contribution < -0.4 is 10.1 Å². The van der Waals surface area contributed by atoms with Gasteiger partial charge in [-0.15, -0.1) is 0 Å². The van der Waals surface area contributed by atoms with Crippen LogP contribution in [-0.2, 0) is 6.54 Å². The number of aromatic nitrogens is 1. The Morgan fingerprint density at radius 2 is 2.26 bits per heavy atom. The first-order valence-electron chi connectivity index (χ1n) is 6.28. The van der Waals surface area contributed by atoms with Crippen LogP contribution in [0.2, 0.25) is 0 Å². The van der Waals surface area contributed by atoms with Crippen molar-refractivity contribution >= 4 is 0 Å². The van der Waals surface area contributed by atoms with Crippen molar-refractivity contribution in [3.05, 3.63) is 41.5 Å². The Balaban J connectivity index is 2.01. The molecule has 0 spiro atoms. The van der Waals surface area contributed by atoms with Gasteiger partial charge in [0.2, 0.25) is 0 Å². The Hall–Kier alpha value is -1.88. The Bertz CT molecular complexity index is 540. The average molecular weight is 264 g/mol. The van der Waals surface area contributed by atoms with E-state index >= 15 is 0 Å². The van der Waals surface area contributed by atoms with Crippen LogP contribution in [0.4, 0.5) is 4.39 Å². The lowest BCUT2D eigenvalue weighted by atomic mass is 10.2. The van der Waals surface area contributed by atoms with E-state index in [2.05, 4.69) is 17.2 Å². The van der Waals surface area contributed by atoms with E-state index in [4.69, 9.17) is 9.15 Å². The molecule has 0 saturated heterocycles. The predicted octanol–water partition coefficient (Wildman–Crippen LogP) is 3.41. The summed E-state index contributed by atoms with van der Waals surface area (Å²) in [5.74, 6) is -0.277. The second-order valence-corrected chi connectivity index (χ2v) is 4.27. The molecule has 4 nitrogen and oxygen atoms in total. The highest BCUT2D eigenvalue weighted by atomic mass is 19.1. The van der Waals surface area contributed by atoms with Gasteiger partial charge < -0.3 is 14.5 Å². The van der Waals surface area contributed by atoms with Gasteiger partial charge in [-0.1, -0.05) is 19.1 Å². The van der Waals surface area contributed by atoms with Crippen molar-refractivity contribution in [3.8, 4) is 11.8 Å². The zero-order chi connectivity index (χ0) is 13.7. The van der Waals surface area contributed by atoms with Gasteiger partial charge >= 0.3 is 6.08 Å². The molecule has 0 aliphatic carbocycles. The summed E-state index contributed by atoms with van der Waals surface area (Å²) >= 11 is 0. The summed E-state index contributed by atoms with van der Waals surface area (Å²) in [6, 6.07) is 4.94. The van der Waals surface area contributed by atoms with Gasteiger partial charge in [0.15, 0.2) is 11.6 Å². The van der Waals surface area contributed by atoms with E-state index in [0.29, 0.717) is 12.1 Å². The first kappa shape index (κ1) is 13.5. The molecule has 0 atom stereocenters. The fraction of sp³-hybridized carbons (Fsp3) is 0.357. The molecule has 1 aromatic heterocycles. The molecule has 1 N–H and O–H groups in total. The Kier molecular flexibility index (Phi) is 4.52. The lowest BCUT2D eigenvalue weighted by Crippen LogP contribution is -2.13. The Morgan fingerprint density at radius 3 is 3.05 bits per heavy atom. The molecule has 5 heteroatoms. The molecule has 0 saturated carbocycles. The maximum absolute atomic E-state index is 13.7. The number of nitrogens with one attached hydrogen (secondary N) is 1. The molecule has 102 valence electrons. The minimum absolute atomic E-state index is 0.0535. The zero-order valence-electron chi connectivity index (χ0n) is 11.1. The van der Waals surface area contributed by atoms with Gasteiger partial charge in [-0.3, -0.25) is 0 Å². The molecule has 0 unspecified atom stereocenters. The summed E-state index contributed by atoms with van der Waals surface area (Å²) in [5, 5.41) is 3.20. The lowest BCUT2D eigenvalue weighted by Gasteiger charge is -2.03. The summed E-state index contributed by atoms with van der Waals surface area (Å²) < 4.78 is 24.2. The standard InChI is InChI=1S/C14H17FN2O2/c1-3-7-16-8-11-9-18-14(17-11)19-12-6-4-5-10(2)13(12)15/h4-6,9,16H,3,7-8H2,1-2H3. The van der Waals surface area contributed by atoms with E-state index in [-0.39, 0.29) is 11.8 Å². The van der Waals surface area contributed by atoms with Crippen LogP contribution >= 0.6 is 0 Å². The predicted molar refractivity (Wildman–Crippen MR) is 69.7 cm³/mol. The summed E-state index contributed by atoms with van der Waals surface area (Å²) in [4.78, 5) is 4.13. The molecule has 1 aromatic carbocycles. The fourth-order valence-corrected chi connectivity index (χ4v) is 1.60. The number of ether oxygens (including phenoxy) is 1. The van der Waals surface area contributed by atoms with Crippen molar-refractivity contribution in [2.45, 2.75) is 26.8 Å². The van der Waals surface area contributed by atoms with Crippen molar-refractivity contribution in [1.82, 2.24) is 10.3 Å². The molecule has 1 heterocycles. The van der Waals surface area contributed by atoms with Crippen molar-refractivity contribution in [1.29, 1.82) is 0 Å². The third-order valence-corrected chi connectivity index (χ3v) is 2.62. The minimum atomic E-state index is -0.397. The summed E-state index contributed by atoms with van der Waals surface area (Å²) in [5.41, 5.74) is 1.26. The summed E-state index contributed by atoms with van der Waals surface area (Å²) in [7, 11) is 0. The molecule has 0 aliphatic heterocycles. The first-order valence-corrected chi connectivity index (χ1v) is 6.28. The molecular weight excluding hydrogens is 247 g/mol. The van der Waals surface area contributed by atoms with Crippen molar-refractivity contribution in [3.63, 3.8) is 0 Å². The number of benzene rings is 1. The number of hydrogen-bond acceptors (Lipinski definition) is 4. The number of rotatable bonds is 6. The Morgan fingerprint density at radius 1 is 1.42 bits per heavy atom. The van der Waals surface area contributed by atoms with Crippen LogP contribution in [0.1, 0.15) is 24.6 Å². The molecule has 0 amide bonds. The summed E-state index contributed by atoms with van der Waals surface area (Å²) in [6.07, 6.45) is 2.61. The molecule has 2 rings (SSSR count). The third-order valence-electron chi connectivity index (χ3n) is 2.62. The van der Waals surface area contributed by atoms with E-state index in [1.807, 2.05) is 0 Å². The largest absolute Gasteiger partial charge is 0.417 e. The smallest absolute Gasteiger partial charge is 0.399 e. The van der Waals surface area contributed by atoms with E-state index in [1.54, 1.807) is 25.1 Å². The molecule has 0 aliphatic rings. The highest BCUT2D eigenvalue weighted by Crippen LogP contribution is 2.25. The lowest BCUT2D eigenvalue weighted by molar-refractivity contribution is 0.317. The van der Waals surface area contributed by atoms with Crippen LogP contribution in [0.5, 0.6) is 11.8 Å². The zero-order valence-corrected chi connectivity index (χ0v) is 11.1. The van der Waals surface area contributed by atoms with E-state index < -0.39 is 5.82 Å². The fourth-order valence-electron chi connectivity index (χ4n) is 1.60. The van der Waals surface area contributed by atoms with Crippen LogP contribution in [-0.4, -0.2) is 11.5 Å². The minimum Gasteiger partial charge on any atom is -0.417 e. The van der Waals surface area contributed by atoms with Crippen LogP contribution in [0, 0.1) is 12.7 Å². The van der Waals surface area contributed by atoms with Gasteiger partial charge in [0.05, 0.1) is 5.69 Å². The second-order valence-electron chi connectivity index (χ2n) is 4.27. The van der Waals surface area contributed by atoms with Gasteiger partial charge in [-0.2, -0.15) is 4.98 Å². The van der Waals surface area contributed by atoms with Gasteiger partial charge in [0, 0.05) is 6.54 Å². The number of nitrogens with zero attached hydrogens (tertiary/aromatic N) is 1. The van der Waals surface area contributed by atoms with E-state index in [9.17, 15) is 4.39 Å². The van der Waals surface area contributed by atoms with Gasteiger partial charge in [0.1, 0.15) is 6.26 Å². The van der Waals surface area contributed by atoms with Gasteiger partial charge in [-0.05, 0) is 31.5 Å². The Labute approximate surface area is 111 Å². The highest BCUT2D eigenvalue weighted by Gasteiger charge is 2.11. The maximum atomic E-state index is 13.7. The molecule has 0 fully saturated rings. The quantitative estimate of drug-likeness (QED) is 0.812. The van der Waals surface area contributed by atoms with Gasteiger partial charge in [0.25, 0.3) is 0 Å². The second kappa shape index (κ2) is 6.33. The molecule has 0 bridgehead atoms. The number of halogens is 1. The molecular formula is C14H17FN2O2. The number of oxazole rings is 1. The maximum Gasteiger partial charge on any atom is 0.399 e. The summed E-state index contributed by atoms with van der Waals surface area (Å²) in [6.45, 7) is 5.29. The normalized spacial score (nSPS) is 10.7. The number of aryl methyl sites for hydroxylation is 1. The highest BCUT2D eigenvalue weighted by molar-refractivity contribution is 5.31. The number of hydrogen-bond donors (Lipinski definition) is 1. The van der Waals surface area contributed by atoms with E-state index in [0.717, 1.165) is 18.7 Å². The van der Waals surface area contributed by atoms with Crippen molar-refractivity contribution < 1.29 is 13.5 Å². The van der Waals surface area contributed by atoms with Gasteiger partial charge in [-0.25, -0.2) is 4.39 Å². The first-order chi connectivity index (χ1) is 9.20. The molecule has 2 aromatic rings. The molecule has 0 radical (unpaired) electrons. The van der Waals surface area contributed by atoms with Crippen molar-refractivity contribution in [2.24, 2.45) is 0 Å². The topological polar surface area (TPSA) is 47.3 Å². The van der Waals surface area contributed by atoms with Crippen LogP contribution in [0.15, 0.2) is 28.9 Å². The SMILES string of the molecule is CCCNCc1coc(Oc2cccc(C)c2F)n1.